The first-order valence-electron chi connectivity index (χ1n) is 19.3. The number of ether oxygens (including phenoxy) is 5. The molecule has 3 rings (SSSR count). The molecule has 0 bridgehead atoms. The predicted molar refractivity (Wildman–Crippen MR) is 217 cm³/mol. The molecule has 328 valence electrons. The van der Waals surface area contributed by atoms with E-state index in [0.29, 0.717) is 0 Å². The van der Waals surface area contributed by atoms with Crippen LogP contribution in [0.4, 0.5) is 14.4 Å². The van der Waals surface area contributed by atoms with Crippen LogP contribution in [0, 0.1) is 0 Å². The number of aliphatic imine (C=N–C) groups is 3. The number of nitrogens with one attached hydrogen (secondary N) is 3. The first-order valence-corrected chi connectivity index (χ1v) is 19.3. The molecular formula is C42H47N7O13. The molecule has 0 saturated heterocycles. The summed E-state index contributed by atoms with van der Waals surface area (Å²) in [5.74, 6) is -1.21. The summed E-state index contributed by atoms with van der Waals surface area (Å²) >= 11 is 0. The molecular weight excluding hydrogens is 810 g/mol. The second-order valence-corrected chi connectivity index (χ2v) is 12.9. The van der Waals surface area contributed by atoms with E-state index in [1.807, 2.05) is 0 Å². The molecule has 20 nitrogen and oxygen atoms in total. The normalized spacial score (nSPS) is 10.1. The molecule has 3 aromatic carbocycles. The molecule has 0 radical (unpaired) electrons. The zero-order valence-electron chi connectivity index (χ0n) is 33.8. The van der Waals surface area contributed by atoms with Crippen molar-refractivity contribution in [2.45, 2.75) is 52.1 Å². The van der Waals surface area contributed by atoms with Crippen molar-refractivity contribution in [3.05, 3.63) is 106 Å². The maximum atomic E-state index is 12.5. The molecule has 0 aliphatic heterocycles. The third kappa shape index (κ3) is 22.0. The van der Waals surface area contributed by atoms with Crippen molar-refractivity contribution >= 4 is 48.5 Å². The average Bonchev–Trinajstić information content (AvgIpc) is 3.28. The fourth-order valence-electron chi connectivity index (χ4n) is 5.39. The van der Waals surface area contributed by atoms with Gasteiger partial charge < -0.3 is 39.6 Å². The van der Waals surface area contributed by atoms with Gasteiger partial charge in [0, 0.05) is 39.3 Å². The molecule has 0 heterocycles. The number of alkyl carbamates (subject to hydrolysis) is 3. The van der Waals surface area contributed by atoms with Gasteiger partial charge in [-0.3, -0.25) is 14.5 Å². The third-order valence-electron chi connectivity index (χ3n) is 8.33. The van der Waals surface area contributed by atoms with E-state index in [9.17, 15) is 38.4 Å². The number of carbonyl (C=O) groups excluding carboxylic acids is 8. The Morgan fingerprint density at radius 3 is 1.13 bits per heavy atom. The Morgan fingerprint density at radius 2 is 0.774 bits per heavy atom. The predicted octanol–water partition coefficient (Wildman–Crippen LogP) is 3.44. The van der Waals surface area contributed by atoms with E-state index < -0.39 is 30.2 Å². The Labute approximate surface area is 356 Å². The van der Waals surface area contributed by atoms with Gasteiger partial charge in [-0.2, -0.15) is 0 Å². The van der Waals surface area contributed by atoms with Crippen molar-refractivity contribution in [2.24, 2.45) is 15.0 Å². The summed E-state index contributed by atoms with van der Waals surface area (Å²) < 4.78 is 25.8. The van der Waals surface area contributed by atoms with Crippen molar-refractivity contribution in [3.8, 4) is 0 Å². The van der Waals surface area contributed by atoms with Crippen molar-refractivity contribution < 1.29 is 62.0 Å². The summed E-state index contributed by atoms with van der Waals surface area (Å²) in [6.45, 7) is 0.396. The lowest BCUT2D eigenvalue weighted by Gasteiger charge is -2.21. The molecule has 0 unspecified atom stereocenters. The number of nitrogens with zero attached hydrogens (tertiary/aromatic N) is 4. The molecule has 0 aromatic heterocycles. The monoisotopic (exact) mass is 857 g/mol. The molecule has 0 aliphatic carbocycles. The Bertz CT molecular complexity index is 1980. The number of isocyanates is 3. The summed E-state index contributed by atoms with van der Waals surface area (Å²) in [4.78, 5) is 105. The smallest absolute Gasteiger partial charge is 0.407 e. The van der Waals surface area contributed by atoms with Gasteiger partial charge in [0.1, 0.15) is 33.0 Å². The van der Waals surface area contributed by atoms with Gasteiger partial charge in [0.2, 0.25) is 18.2 Å². The summed E-state index contributed by atoms with van der Waals surface area (Å²) in [6, 6.07) is 21.3. The van der Waals surface area contributed by atoms with Crippen LogP contribution in [-0.4, -0.2) is 106 Å². The highest BCUT2D eigenvalue weighted by atomic mass is 16.6. The van der Waals surface area contributed by atoms with Crippen LogP contribution in [0.2, 0.25) is 0 Å². The van der Waals surface area contributed by atoms with Crippen LogP contribution in [-0.2, 0) is 86.9 Å². The lowest BCUT2D eigenvalue weighted by molar-refractivity contribution is -0.145. The van der Waals surface area contributed by atoms with Gasteiger partial charge in [0.05, 0.1) is 32.5 Å². The van der Waals surface area contributed by atoms with Crippen molar-refractivity contribution in [1.29, 1.82) is 0 Å². The number of rotatable bonds is 27. The highest BCUT2D eigenvalue weighted by Gasteiger charge is 2.15. The van der Waals surface area contributed by atoms with Crippen LogP contribution in [0.3, 0.4) is 0 Å². The molecule has 3 aromatic rings. The highest BCUT2D eigenvalue weighted by molar-refractivity contribution is 5.71. The highest BCUT2D eigenvalue weighted by Crippen LogP contribution is 2.09. The second-order valence-electron chi connectivity index (χ2n) is 12.9. The van der Waals surface area contributed by atoms with Gasteiger partial charge in [-0.15, -0.1) is 0 Å². The molecule has 3 N–H and O–H groups in total. The number of benzene rings is 3. The van der Waals surface area contributed by atoms with E-state index in [2.05, 4.69) is 30.9 Å². The first-order chi connectivity index (χ1) is 30.2. The molecule has 0 aliphatic rings. The minimum absolute atomic E-state index is 0.0934. The lowest BCUT2D eigenvalue weighted by Crippen LogP contribution is -2.34. The molecule has 0 spiro atoms. The number of carbonyl (C=O) groups is 5. The van der Waals surface area contributed by atoms with E-state index >= 15 is 0 Å². The molecule has 0 fully saturated rings. The van der Waals surface area contributed by atoms with Crippen LogP contribution >= 0.6 is 0 Å². The Kier molecular flexibility index (Phi) is 23.4. The Morgan fingerprint density at radius 1 is 0.452 bits per heavy atom. The zero-order chi connectivity index (χ0) is 44.6. The van der Waals surface area contributed by atoms with Crippen LogP contribution < -0.4 is 16.0 Å². The van der Waals surface area contributed by atoms with Crippen LogP contribution in [0.25, 0.3) is 0 Å². The first kappa shape index (κ1) is 48.9. The largest absolute Gasteiger partial charge is 0.462 e. The minimum atomic E-state index is -0.728. The van der Waals surface area contributed by atoms with Crippen LogP contribution in [0.15, 0.2) is 87.8 Å². The van der Waals surface area contributed by atoms with Crippen LogP contribution in [0.5, 0.6) is 0 Å². The quantitative estimate of drug-likeness (QED) is 0.0326. The third-order valence-corrected chi connectivity index (χ3v) is 8.33. The maximum Gasteiger partial charge on any atom is 0.407 e. The van der Waals surface area contributed by atoms with E-state index in [1.165, 1.54) is 18.2 Å². The molecule has 62 heavy (non-hydrogen) atoms. The number of hydrogen-bond acceptors (Lipinski definition) is 17. The van der Waals surface area contributed by atoms with Gasteiger partial charge in [-0.05, 0) is 33.4 Å². The van der Waals surface area contributed by atoms with Crippen molar-refractivity contribution in [1.82, 2.24) is 20.9 Å². The van der Waals surface area contributed by atoms with Gasteiger partial charge in [0.25, 0.3) is 0 Å². The topological polar surface area (TPSA) is 259 Å². The number of amides is 3. The van der Waals surface area contributed by atoms with E-state index in [0.717, 1.165) is 33.4 Å². The summed E-state index contributed by atoms with van der Waals surface area (Å²) in [5, 5.41) is 7.79. The van der Waals surface area contributed by atoms with Crippen molar-refractivity contribution in [2.75, 3.05) is 52.7 Å². The molecule has 20 heteroatoms. The molecule has 0 atom stereocenters. The fourth-order valence-corrected chi connectivity index (χ4v) is 5.39. The SMILES string of the molecule is O=C=NCc1cccc(CNC(=O)OCCOC(=O)CCN(CCOC(=O)NCc2cccc(CN=C=O)c2)CCC(=O)OCCOC(=O)NCc2cccc(CN=C=O)c2)c1. The van der Waals surface area contributed by atoms with Gasteiger partial charge >= 0.3 is 30.2 Å². The fraction of sp³-hybridized carbons (Fsp3) is 0.381. The summed E-state index contributed by atoms with van der Waals surface area (Å²) in [5.41, 5.74) is 4.58. The van der Waals surface area contributed by atoms with E-state index in [4.69, 9.17) is 23.7 Å². The van der Waals surface area contributed by atoms with Gasteiger partial charge in [-0.25, -0.2) is 43.7 Å². The number of hydrogen-bond donors (Lipinski definition) is 3. The van der Waals surface area contributed by atoms with Gasteiger partial charge in [0.15, 0.2) is 0 Å². The zero-order valence-corrected chi connectivity index (χ0v) is 33.8. The average molecular weight is 858 g/mol. The lowest BCUT2D eigenvalue weighted by atomic mass is 10.1. The van der Waals surface area contributed by atoms with E-state index in [1.54, 1.807) is 77.7 Å². The maximum absolute atomic E-state index is 12.5. The standard InChI is InChI=1S/C42H47N7O13/c50-29-43-23-32-4-1-7-35(20-32)26-46-40(55)60-15-14-49(12-10-38(53)58-16-18-61-41(56)47-27-36-8-2-5-33(21-36)24-44-30-51)13-11-39(54)59-17-19-62-42(57)48-28-37-9-3-6-34(22-37)25-45-31-52/h1-9,20-22H,10-19,23-28H2,(H,46,55)(H,47,56)(H,48,57). The summed E-state index contributed by atoms with van der Waals surface area (Å²) in [7, 11) is 0. The summed E-state index contributed by atoms with van der Waals surface area (Å²) in [6.07, 6.45) is 2.05. The Hall–Kier alpha value is -7.49. The van der Waals surface area contributed by atoms with E-state index in [-0.39, 0.29) is 105 Å². The van der Waals surface area contributed by atoms with Gasteiger partial charge in [-0.1, -0.05) is 72.8 Å². The minimum Gasteiger partial charge on any atom is -0.462 e. The molecule has 0 saturated carbocycles. The van der Waals surface area contributed by atoms with Crippen LogP contribution in [0.1, 0.15) is 46.2 Å². The second kappa shape index (κ2) is 29.7. The number of esters is 2. The van der Waals surface area contributed by atoms with Crippen molar-refractivity contribution in [3.63, 3.8) is 0 Å². The molecule has 3 amide bonds. The Balaban J connectivity index is 1.39.